The topological polar surface area (TPSA) is 59.8 Å². The van der Waals surface area contributed by atoms with Crippen molar-refractivity contribution in [2.75, 3.05) is 0 Å². The molecular weight excluding hydrogens is 411 g/mol. The van der Waals surface area contributed by atoms with E-state index in [2.05, 4.69) is 31.6 Å². The number of nitrogens with zero attached hydrogens (tertiary/aromatic N) is 3. The molecule has 0 bridgehead atoms. The highest BCUT2D eigenvalue weighted by Crippen LogP contribution is 2.19. The molecule has 0 atom stereocenters. The van der Waals surface area contributed by atoms with Crippen LogP contribution in [0.15, 0.2) is 46.9 Å². The number of hydrogen-bond acceptors (Lipinski definition) is 3. The summed E-state index contributed by atoms with van der Waals surface area (Å²) in [5.74, 6) is -0.752. The summed E-state index contributed by atoms with van der Waals surface area (Å²) >= 11 is 9.32. The second kappa shape index (κ2) is 7.33. The Kier molecular flexibility index (Phi) is 5.15. The summed E-state index contributed by atoms with van der Waals surface area (Å²) in [5, 5.41) is 11.2. The van der Waals surface area contributed by atoms with E-state index < -0.39 is 0 Å². The number of nitrogens with one attached hydrogen (secondary N) is 1. The maximum atomic E-state index is 13.3. The van der Waals surface area contributed by atoms with Crippen LogP contribution in [-0.2, 0) is 6.54 Å². The maximum absolute atomic E-state index is 13.3. The Hall–Kier alpha value is -2.25. The van der Waals surface area contributed by atoms with Gasteiger partial charge in [0.1, 0.15) is 5.82 Å². The van der Waals surface area contributed by atoms with Gasteiger partial charge >= 0.3 is 0 Å². The van der Waals surface area contributed by atoms with Gasteiger partial charge in [0, 0.05) is 16.0 Å². The van der Waals surface area contributed by atoms with Gasteiger partial charge in [-0.1, -0.05) is 38.8 Å². The van der Waals surface area contributed by atoms with Crippen LogP contribution < -0.4 is 5.32 Å². The summed E-state index contributed by atoms with van der Waals surface area (Å²) in [4.78, 5) is 12.4. The molecular formula is C17H13BrClFN4O. The maximum Gasteiger partial charge on any atom is 0.274 e. The van der Waals surface area contributed by atoms with E-state index in [0.717, 1.165) is 0 Å². The molecule has 0 saturated carbocycles. The van der Waals surface area contributed by atoms with E-state index in [9.17, 15) is 9.18 Å². The zero-order valence-corrected chi connectivity index (χ0v) is 15.5. The van der Waals surface area contributed by atoms with Crippen molar-refractivity contribution in [2.24, 2.45) is 0 Å². The number of benzene rings is 2. The Labute approximate surface area is 156 Å². The van der Waals surface area contributed by atoms with Gasteiger partial charge in [0.05, 0.1) is 11.4 Å². The van der Waals surface area contributed by atoms with Gasteiger partial charge in [-0.25, -0.2) is 9.07 Å². The molecule has 128 valence electrons. The van der Waals surface area contributed by atoms with E-state index >= 15 is 0 Å². The lowest BCUT2D eigenvalue weighted by atomic mass is 10.2. The Morgan fingerprint density at radius 2 is 2.12 bits per heavy atom. The van der Waals surface area contributed by atoms with Gasteiger partial charge in [-0.3, -0.25) is 4.79 Å². The molecule has 5 nitrogen and oxygen atoms in total. The van der Waals surface area contributed by atoms with Crippen molar-refractivity contribution in [2.45, 2.75) is 13.5 Å². The van der Waals surface area contributed by atoms with Crippen molar-refractivity contribution >= 4 is 33.4 Å². The number of amides is 1. The van der Waals surface area contributed by atoms with E-state index in [1.165, 1.54) is 12.1 Å². The molecule has 0 radical (unpaired) electrons. The SMILES string of the molecule is Cc1c(C(=O)NCc2cc(F)ccc2Br)nnn1-c1cccc(Cl)c1. The van der Waals surface area contributed by atoms with Gasteiger partial charge in [0.25, 0.3) is 5.91 Å². The molecule has 1 N–H and O–H groups in total. The number of carbonyl (C=O) groups excluding carboxylic acids is 1. The average molecular weight is 424 g/mol. The standard InChI is InChI=1S/C17H13BrClFN4O/c1-10-16(22-23-24(10)14-4-2-3-12(19)8-14)17(25)21-9-11-7-13(20)5-6-15(11)18/h2-8H,9H2,1H3,(H,21,25). The van der Waals surface area contributed by atoms with E-state index in [1.807, 2.05) is 6.07 Å². The number of aromatic nitrogens is 3. The molecule has 1 amide bonds. The summed E-state index contributed by atoms with van der Waals surface area (Å²) in [7, 11) is 0. The van der Waals surface area contributed by atoms with Crippen molar-refractivity contribution in [3.63, 3.8) is 0 Å². The molecule has 0 spiro atoms. The van der Waals surface area contributed by atoms with Gasteiger partial charge < -0.3 is 5.32 Å². The lowest BCUT2D eigenvalue weighted by molar-refractivity contribution is 0.0945. The molecule has 0 aliphatic rings. The lowest BCUT2D eigenvalue weighted by Gasteiger charge is -2.07. The highest BCUT2D eigenvalue weighted by atomic mass is 79.9. The summed E-state index contributed by atoms with van der Waals surface area (Å²) < 4.78 is 15.6. The fourth-order valence-electron chi connectivity index (χ4n) is 2.33. The first kappa shape index (κ1) is 17.6. The highest BCUT2D eigenvalue weighted by Gasteiger charge is 2.17. The molecule has 3 aromatic rings. The summed E-state index contributed by atoms with van der Waals surface area (Å²) in [6.45, 7) is 1.91. The average Bonchev–Trinajstić information content (AvgIpc) is 2.97. The molecule has 8 heteroatoms. The Bertz CT molecular complexity index is 944. The third-order valence-electron chi connectivity index (χ3n) is 3.61. The Morgan fingerprint density at radius 1 is 1.32 bits per heavy atom. The minimum Gasteiger partial charge on any atom is -0.346 e. The predicted octanol–water partition coefficient (Wildman–Crippen LogP) is 4.06. The molecule has 1 heterocycles. The van der Waals surface area contributed by atoms with Gasteiger partial charge in [-0.2, -0.15) is 0 Å². The molecule has 3 rings (SSSR count). The van der Waals surface area contributed by atoms with E-state index in [0.29, 0.717) is 26.4 Å². The second-order valence-corrected chi connectivity index (χ2v) is 6.62. The fourth-order valence-corrected chi connectivity index (χ4v) is 2.90. The first-order chi connectivity index (χ1) is 12.0. The molecule has 0 fully saturated rings. The van der Waals surface area contributed by atoms with Gasteiger partial charge in [0.2, 0.25) is 0 Å². The van der Waals surface area contributed by atoms with Crippen LogP contribution in [0, 0.1) is 12.7 Å². The zero-order chi connectivity index (χ0) is 18.0. The quantitative estimate of drug-likeness (QED) is 0.688. The lowest BCUT2D eigenvalue weighted by Crippen LogP contribution is -2.24. The van der Waals surface area contributed by atoms with E-state index in [-0.39, 0.29) is 24.0 Å². The van der Waals surface area contributed by atoms with Crippen LogP contribution in [0.4, 0.5) is 4.39 Å². The van der Waals surface area contributed by atoms with Crippen LogP contribution in [-0.4, -0.2) is 20.9 Å². The number of carbonyl (C=O) groups is 1. The molecule has 0 unspecified atom stereocenters. The van der Waals surface area contributed by atoms with Crippen molar-refractivity contribution < 1.29 is 9.18 Å². The highest BCUT2D eigenvalue weighted by molar-refractivity contribution is 9.10. The van der Waals surface area contributed by atoms with Crippen LogP contribution in [0.2, 0.25) is 5.02 Å². The van der Waals surface area contributed by atoms with Gasteiger partial charge in [0.15, 0.2) is 5.69 Å². The molecule has 0 aliphatic carbocycles. The molecule has 25 heavy (non-hydrogen) atoms. The van der Waals surface area contributed by atoms with Crippen molar-refractivity contribution in [1.82, 2.24) is 20.3 Å². The third-order valence-corrected chi connectivity index (χ3v) is 4.62. The minimum atomic E-state index is -0.387. The van der Waals surface area contributed by atoms with Crippen LogP contribution in [0.5, 0.6) is 0 Å². The summed E-state index contributed by atoms with van der Waals surface area (Å²) in [6, 6.07) is 11.4. The van der Waals surface area contributed by atoms with E-state index in [4.69, 9.17) is 11.6 Å². The predicted molar refractivity (Wildman–Crippen MR) is 96.4 cm³/mol. The number of rotatable bonds is 4. The minimum absolute atomic E-state index is 0.167. The van der Waals surface area contributed by atoms with Gasteiger partial charge in [-0.05, 0) is 48.9 Å². The monoisotopic (exact) mass is 422 g/mol. The molecule has 2 aromatic carbocycles. The molecule has 0 saturated heterocycles. The number of halogens is 3. The fraction of sp³-hybridized carbons (Fsp3) is 0.118. The Balaban J connectivity index is 1.78. The van der Waals surface area contributed by atoms with Crippen LogP contribution >= 0.6 is 27.5 Å². The summed E-state index contributed by atoms with van der Waals surface area (Å²) in [5.41, 5.74) is 2.13. The second-order valence-electron chi connectivity index (χ2n) is 5.33. The number of hydrogen-bond donors (Lipinski definition) is 1. The summed E-state index contributed by atoms with van der Waals surface area (Å²) in [6.07, 6.45) is 0. The first-order valence-electron chi connectivity index (χ1n) is 7.36. The van der Waals surface area contributed by atoms with E-state index in [1.54, 1.807) is 35.9 Å². The normalized spacial score (nSPS) is 10.7. The van der Waals surface area contributed by atoms with Crippen molar-refractivity contribution in [3.8, 4) is 5.69 Å². The van der Waals surface area contributed by atoms with Crippen molar-refractivity contribution in [1.29, 1.82) is 0 Å². The molecule has 0 aliphatic heterocycles. The van der Waals surface area contributed by atoms with Crippen LogP contribution in [0.25, 0.3) is 5.69 Å². The zero-order valence-electron chi connectivity index (χ0n) is 13.1. The smallest absolute Gasteiger partial charge is 0.274 e. The van der Waals surface area contributed by atoms with Gasteiger partial charge in [-0.15, -0.1) is 5.10 Å². The van der Waals surface area contributed by atoms with Crippen molar-refractivity contribution in [3.05, 3.63) is 74.7 Å². The third kappa shape index (κ3) is 3.88. The molecule has 1 aromatic heterocycles. The largest absolute Gasteiger partial charge is 0.346 e. The van der Waals surface area contributed by atoms with Crippen LogP contribution in [0.1, 0.15) is 21.7 Å². The van der Waals surface area contributed by atoms with Crippen LogP contribution in [0.3, 0.4) is 0 Å². The first-order valence-corrected chi connectivity index (χ1v) is 8.53. The Morgan fingerprint density at radius 3 is 2.88 bits per heavy atom.